The number of rotatable bonds is 5. The molecule has 6 rings (SSSR count). The number of aromatic nitrogens is 8. The number of anilines is 1. The van der Waals surface area contributed by atoms with Gasteiger partial charge in [-0.2, -0.15) is 5.10 Å². The number of pyridine rings is 1. The van der Waals surface area contributed by atoms with E-state index in [0.29, 0.717) is 33.5 Å². The van der Waals surface area contributed by atoms with E-state index < -0.39 is 29.9 Å². The molecule has 1 amide bonds. The molecule has 5 aromatic rings. The summed E-state index contributed by atoms with van der Waals surface area (Å²) in [4.78, 5) is 16.4. The Morgan fingerprint density at radius 2 is 2.18 bits per heavy atom. The van der Waals surface area contributed by atoms with Crippen LogP contribution in [-0.4, -0.2) is 51.9 Å². The van der Waals surface area contributed by atoms with E-state index in [1.807, 2.05) is 0 Å². The number of halogens is 3. The lowest BCUT2D eigenvalue weighted by atomic mass is 9.97. The Kier molecular flexibility index (Phi) is 4.59. The van der Waals surface area contributed by atoms with E-state index in [0.717, 1.165) is 0 Å². The summed E-state index contributed by atoms with van der Waals surface area (Å²) in [5.41, 5.74) is 2.38. The van der Waals surface area contributed by atoms with Gasteiger partial charge in [0.15, 0.2) is 5.82 Å². The highest BCUT2D eigenvalue weighted by Crippen LogP contribution is 2.41. The minimum Gasteiger partial charge on any atom is -0.309 e. The summed E-state index contributed by atoms with van der Waals surface area (Å²) < 4.78 is 31.9. The molecule has 0 spiro atoms. The highest BCUT2D eigenvalue weighted by Gasteiger charge is 2.43. The van der Waals surface area contributed by atoms with E-state index in [1.165, 1.54) is 11.0 Å². The zero-order valence-electron chi connectivity index (χ0n) is 17.6. The van der Waals surface area contributed by atoms with Gasteiger partial charge in [-0.1, -0.05) is 11.6 Å². The van der Waals surface area contributed by atoms with Crippen LogP contribution in [0.1, 0.15) is 24.9 Å². The van der Waals surface area contributed by atoms with E-state index in [-0.39, 0.29) is 17.0 Å². The summed E-state index contributed by atoms with van der Waals surface area (Å²) in [5.74, 6) is -1.32. The first-order chi connectivity index (χ1) is 16.4. The molecule has 10 nitrogen and oxygen atoms in total. The highest BCUT2D eigenvalue weighted by molar-refractivity contribution is 6.35. The van der Waals surface area contributed by atoms with Gasteiger partial charge in [0.05, 0.1) is 34.9 Å². The molecule has 0 saturated heterocycles. The molecule has 4 heterocycles. The second-order valence-electron chi connectivity index (χ2n) is 8.20. The molecule has 1 aromatic carbocycles. The van der Waals surface area contributed by atoms with Gasteiger partial charge in [0.1, 0.15) is 24.0 Å². The number of tetrazole rings is 1. The van der Waals surface area contributed by atoms with Gasteiger partial charge in [0.2, 0.25) is 5.91 Å². The third-order valence-electron chi connectivity index (χ3n) is 6.05. The van der Waals surface area contributed by atoms with E-state index in [2.05, 4.69) is 36.0 Å². The summed E-state index contributed by atoms with van der Waals surface area (Å²) in [6.45, 7) is 1.76. The SMILES string of the molecule is C[C@@H](c1c(F)c(Cl)c(-c2ccc3nc(NC(=O)C4CC4F)cn3c2)c2cn[nH]c12)n1cnnn1. The van der Waals surface area contributed by atoms with Gasteiger partial charge in [-0.25, -0.2) is 18.4 Å². The molecule has 13 heteroatoms. The van der Waals surface area contributed by atoms with Crippen LogP contribution >= 0.6 is 11.6 Å². The molecular formula is C21H16ClF2N9O. The maximum atomic E-state index is 15.6. The van der Waals surface area contributed by atoms with Crippen LogP contribution in [0.25, 0.3) is 27.7 Å². The van der Waals surface area contributed by atoms with Crippen molar-refractivity contribution in [2.24, 2.45) is 5.92 Å². The van der Waals surface area contributed by atoms with Gasteiger partial charge in [-0.05, 0) is 35.9 Å². The van der Waals surface area contributed by atoms with Crippen molar-refractivity contribution in [1.29, 1.82) is 0 Å². The van der Waals surface area contributed by atoms with E-state index >= 15 is 4.39 Å². The predicted molar refractivity (Wildman–Crippen MR) is 119 cm³/mol. The van der Waals surface area contributed by atoms with E-state index in [9.17, 15) is 9.18 Å². The third-order valence-corrected chi connectivity index (χ3v) is 6.40. The summed E-state index contributed by atoms with van der Waals surface area (Å²) in [6.07, 6.45) is 5.45. The Balaban J connectivity index is 1.43. The maximum Gasteiger partial charge on any atom is 0.231 e. The standard InChI is InChI=1S/C21H16ClF2N9O/c1-9(33-8-26-30-31-33)16-19(24)18(22)17(12-5-25-29-20(12)16)10-2-3-15-27-14(7-32(15)6-10)28-21(34)11-4-13(11)23/h2-3,5-9,11,13H,4H2,1H3,(H,25,29)(H,28,34)/t9-,11?,13?/m0/s1. The lowest BCUT2D eigenvalue weighted by Crippen LogP contribution is -2.15. The highest BCUT2D eigenvalue weighted by atomic mass is 35.5. The average molecular weight is 484 g/mol. The zero-order chi connectivity index (χ0) is 23.6. The van der Waals surface area contributed by atoms with Crippen molar-refractivity contribution >= 4 is 39.9 Å². The van der Waals surface area contributed by atoms with Crippen molar-refractivity contribution in [2.45, 2.75) is 25.6 Å². The summed E-state index contributed by atoms with van der Waals surface area (Å²) in [6, 6.07) is 2.93. The molecular weight excluding hydrogens is 468 g/mol. The minimum absolute atomic E-state index is 0.0699. The van der Waals surface area contributed by atoms with Crippen LogP contribution in [0.3, 0.4) is 0 Å². The lowest BCUT2D eigenvalue weighted by molar-refractivity contribution is -0.117. The number of fused-ring (bicyclic) bond motifs is 2. The van der Waals surface area contributed by atoms with Gasteiger partial charge in [0, 0.05) is 28.3 Å². The molecule has 4 aromatic heterocycles. The Morgan fingerprint density at radius 1 is 1.35 bits per heavy atom. The van der Waals surface area contributed by atoms with Crippen LogP contribution < -0.4 is 5.32 Å². The van der Waals surface area contributed by atoms with Crippen molar-refractivity contribution in [3.8, 4) is 11.1 Å². The molecule has 2 unspecified atom stereocenters. The van der Waals surface area contributed by atoms with Crippen molar-refractivity contribution in [3.05, 3.63) is 53.5 Å². The van der Waals surface area contributed by atoms with Gasteiger partial charge >= 0.3 is 0 Å². The number of hydrogen-bond donors (Lipinski definition) is 2. The number of hydrogen-bond acceptors (Lipinski definition) is 6. The van der Waals surface area contributed by atoms with E-state index in [1.54, 1.807) is 42.0 Å². The first kappa shape index (κ1) is 20.7. The Labute approximate surface area is 194 Å². The van der Waals surface area contributed by atoms with Crippen molar-refractivity contribution in [2.75, 3.05) is 5.32 Å². The summed E-state index contributed by atoms with van der Waals surface area (Å²) in [5, 5.41) is 21.3. The Morgan fingerprint density at radius 3 is 2.91 bits per heavy atom. The summed E-state index contributed by atoms with van der Waals surface area (Å²) in [7, 11) is 0. The molecule has 1 aliphatic carbocycles. The van der Waals surface area contributed by atoms with Gasteiger partial charge in [0.25, 0.3) is 0 Å². The van der Waals surface area contributed by atoms with E-state index in [4.69, 9.17) is 11.6 Å². The molecule has 1 aliphatic rings. The fourth-order valence-corrected chi connectivity index (χ4v) is 4.46. The number of H-pyrrole nitrogens is 1. The number of benzene rings is 1. The molecule has 0 radical (unpaired) electrons. The quantitative estimate of drug-likeness (QED) is 0.394. The van der Waals surface area contributed by atoms with Crippen LogP contribution in [0.5, 0.6) is 0 Å². The molecule has 2 N–H and O–H groups in total. The van der Waals surface area contributed by atoms with Crippen LogP contribution in [-0.2, 0) is 4.79 Å². The number of nitrogens with zero attached hydrogens (tertiary/aromatic N) is 7. The van der Waals surface area contributed by atoms with Gasteiger partial charge in [-0.15, -0.1) is 5.10 Å². The van der Waals surface area contributed by atoms with Crippen LogP contribution in [0, 0.1) is 11.7 Å². The van der Waals surface area contributed by atoms with Crippen molar-refractivity contribution in [3.63, 3.8) is 0 Å². The fraction of sp³-hybridized carbons (Fsp3) is 0.238. The fourth-order valence-electron chi connectivity index (χ4n) is 4.14. The number of aromatic amines is 1. The lowest BCUT2D eigenvalue weighted by Gasteiger charge is -2.17. The maximum absolute atomic E-state index is 15.6. The molecule has 172 valence electrons. The van der Waals surface area contributed by atoms with Crippen LogP contribution in [0.2, 0.25) is 5.02 Å². The number of amides is 1. The first-order valence-electron chi connectivity index (χ1n) is 10.4. The van der Waals surface area contributed by atoms with Gasteiger partial charge in [-0.3, -0.25) is 9.89 Å². The second kappa shape index (κ2) is 7.55. The normalized spacial score (nSPS) is 18.5. The third kappa shape index (κ3) is 3.21. The molecule has 1 saturated carbocycles. The number of carbonyl (C=O) groups excluding carboxylic acids is 1. The first-order valence-corrected chi connectivity index (χ1v) is 10.8. The Bertz CT molecular complexity index is 1560. The zero-order valence-corrected chi connectivity index (χ0v) is 18.3. The number of carbonyl (C=O) groups is 1. The monoisotopic (exact) mass is 483 g/mol. The largest absolute Gasteiger partial charge is 0.309 e. The Hall–Kier alpha value is -3.93. The smallest absolute Gasteiger partial charge is 0.231 e. The molecule has 1 fully saturated rings. The van der Waals surface area contributed by atoms with Gasteiger partial charge < -0.3 is 9.72 Å². The molecule has 0 aliphatic heterocycles. The number of nitrogens with one attached hydrogen (secondary N) is 2. The molecule has 3 atom stereocenters. The number of imidazole rings is 1. The minimum atomic E-state index is -1.09. The second-order valence-corrected chi connectivity index (χ2v) is 8.58. The van der Waals surface area contributed by atoms with Crippen LogP contribution in [0.15, 0.2) is 37.1 Å². The van der Waals surface area contributed by atoms with Crippen molar-refractivity contribution in [1.82, 2.24) is 39.8 Å². The average Bonchev–Trinajstić information content (AvgIpc) is 3.26. The van der Waals surface area contributed by atoms with Crippen molar-refractivity contribution < 1.29 is 13.6 Å². The van der Waals surface area contributed by atoms with Crippen LogP contribution in [0.4, 0.5) is 14.6 Å². The molecule has 34 heavy (non-hydrogen) atoms. The molecule has 0 bridgehead atoms. The topological polar surface area (TPSA) is 119 Å². The predicted octanol–water partition coefficient (Wildman–Crippen LogP) is 3.56. The number of alkyl halides is 1. The summed E-state index contributed by atoms with van der Waals surface area (Å²) >= 11 is 6.56.